The Morgan fingerprint density at radius 3 is 2.37 bits per heavy atom. The second-order valence-electron chi connectivity index (χ2n) is 4.15. The summed E-state index contributed by atoms with van der Waals surface area (Å²) in [5, 5.41) is 0. The molecule has 0 saturated carbocycles. The molecule has 7 heteroatoms. The van der Waals surface area contributed by atoms with Gasteiger partial charge in [0.25, 0.3) is 10.0 Å². The lowest BCUT2D eigenvalue weighted by molar-refractivity contribution is 0.603. The highest BCUT2D eigenvalue weighted by atomic mass is 32.2. The van der Waals surface area contributed by atoms with Crippen LogP contribution in [0.5, 0.6) is 0 Å². The minimum atomic E-state index is -3.55. The Bertz CT molecular complexity index is 656. The monoisotopic (exact) mass is 297 g/mol. The second-order valence-corrected chi connectivity index (χ2v) is 7.32. The molecule has 0 aliphatic heterocycles. The standard InChI is InChI=1S/C12H15N3O2S2/c1-4-11-13-6-10(7-14-11)15-19(16,17)12-5-8(2)9(3)18-12/h5-7,15H,4H2,1-3H3. The molecule has 0 saturated heterocycles. The highest BCUT2D eigenvalue weighted by molar-refractivity contribution is 7.94. The first-order chi connectivity index (χ1) is 8.92. The van der Waals surface area contributed by atoms with Crippen molar-refractivity contribution in [1.82, 2.24) is 9.97 Å². The van der Waals surface area contributed by atoms with Crippen molar-refractivity contribution >= 4 is 27.0 Å². The fourth-order valence-corrected chi connectivity index (χ4v) is 4.01. The molecule has 0 aliphatic carbocycles. The van der Waals surface area contributed by atoms with E-state index in [4.69, 9.17) is 0 Å². The molecule has 0 unspecified atom stereocenters. The van der Waals surface area contributed by atoms with E-state index >= 15 is 0 Å². The number of nitrogens with zero attached hydrogens (tertiary/aromatic N) is 2. The molecule has 0 bridgehead atoms. The maximum absolute atomic E-state index is 12.2. The zero-order valence-electron chi connectivity index (χ0n) is 11.0. The van der Waals surface area contributed by atoms with Crippen LogP contribution in [0.1, 0.15) is 23.2 Å². The van der Waals surface area contributed by atoms with Gasteiger partial charge in [0.1, 0.15) is 10.0 Å². The lowest BCUT2D eigenvalue weighted by Gasteiger charge is -2.05. The van der Waals surface area contributed by atoms with Crippen LogP contribution in [0.3, 0.4) is 0 Å². The molecule has 0 atom stereocenters. The molecular formula is C12H15N3O2S2. The van der Waals surface area contributed by atoms with Crippen molar-refractivity contribution in [3.63, 3.8) is 0 Å². The smallest absolute Gasteiger partial charge is 0.271 e. The summed E-state index contributed by atoms with van der Waals surface area (Å²) in [4.78, 5) is 9.12. The molecular weight excluding hydrogens is 282 g/mol. The lowest BCUT2D eigenvalue weighted by atomic mass is 10.3. The van der Waals surface area contributed by atoms with Gasteiger partial charge in [0.2, 0.25) is 0 Å². The van der Waals surface area contributed by atoms with Crippen molar-refractivity contribution in [2.75, 3.05) is 4.72 Å². The SMILES string of the molecule is CCc1ncc(NS(=O)(=O)c2cc(C)c(C)s2)cn1. The highest BCUT2D eigenvalue weighted by Gasteiger charge is 2.18. The minimum absolute atomic E-state index is 0.307. The van der Waals surface area contributed by atoms with Gasteiger partial charge in [-0.05, 0) is 25.5 Å². The first-order valence-electron chi connectivity index (χ1n) is 5.83. The Morgan fingerprint density at radius 2 is 1.89 bits per heavy atom. The molecule has 0 aromatic carbocycles. The van der Waals surface area contributed by atoms with E-state index in [1.807, 2.05) is 20.8 Å². The Kier molecular flexibility index (Phi) is 3.86. The maximum Gasteiger partial charge on any atom is 0.271 e. The van der Waals surface area contributed by atoms with Gasteiger partial charge in [0.05, 0.1) is 18.1 Å². The molecule has 0 aliphatic rings. The van der Waals surface area contributed by atoms with E-state index < -0.39 is 10.0 Å². The zero-order valence-corrected chi connectivity index (χ0v) is 12.6. The molecule has 2 heterocycles. The van der Waals surface area contributed by atoms with Crippen LogP contribution in [0, 0.1) is 13.8 Å². The quantitative estimate of drug-likeness (QED) is 0.941. The number of anilines is 1. The third-order valence-corrected chi connectivity index (χ3v) is 5.69. The van der Waals surface area contributed by atoms with Gasteiger partial charge in [-0.25, -0.2) is 18.4 Å². The molecule has 5 nitrogen and oxygen atoms in total. The number of nitrogens with one attached hydrogen (secondary N) is 1. The maximum atomic E-state index is 12.2. The average molecular weight is 297 g/mol. The molecule has 102 valence electrons. The number of aromatic nitrogens is 2. The Morgan fingerprint density at radius 1 is 1.26 bits per heavy atom. The third-order valence-electron chi connectivity index (χ3n) is 2.68. The largest absolute Gasteiger partial charge is 0.276 e. The first-order valence-corrected chi connectivity index (χ1v) is 8.13. The van der Waals surface area contributed by atoms with E-state index in [1.54, 1.807) is 6.07 Å². The van der Waals surface area contributed by atoms with Gasteiger partial charge in [-0.2, -0.15) is 0 Å². The second kappa shape index (κ2) is 5.26. The van der Waals surface area contributed by atoms with Crippen molar-refractivity contribution in [1.29, 1.82) is 0 Å². The van der Waals surface area contributed by atoms with E-state index in [9.17, 15) is 8.42 Å². The van der Waals surface area contributed by atoms with Crippen LogP contribution < -0.4 is 4.72 Å². The molecule has 2 rings (SSSR count). The number of rotatable bonds is 4. The van der Waals surface area contributed by atoms with E-state index in [-0.39, 0.29) is 0 Å². The number of thiophene rings is 1. The Labute approximate surface area is 116 Å². The zero-order chi connectivity index (χ0) is 14.0. The normalized spacial score (nSPS) is 11.5. The van der Waals surface area contributed by atoms with Crippen molar-refractivity contribution in [2.24, 2.45) is 0 Å². The van der Waals surface area contributed by atoms with Crippen LogP contribution in [0.15, 0.2) is 22.7 Å². The fourth-order valence-electron chi connectivity index (χ4n) is 1.47. The summed E-state index contributed by atoms with van der Waals surface area (Å²) in [7, 11) is -3.55. The first kappa shape index (κ1) is 14.0. The summed E-state index contributed by atoms with van der Waals surface area (Å²) in [6.45, 7) is 5.73. The number of sulfonamides is 1. The molecule has 0 fully saturated rings. The summed E-state index contributed by atoms with van der Waals surface area (Å²) in [6.07, 6.45) is 3.68. The predicted octanol–water partition coefficient (Wildman–Crippen LogP) is 2.52. The number of hydrogen-bond donors (Lipinski definition) is 1. The number of hydrogen-bond acceptors (Lipinski definition) is 5. The van der Waals surface area contributed by atoms with Gasteiger partial charge in [0, 0.05) is 11.3 Å². The highest BCUT2D eigenvalue weighted by Crippen LogP contribution is 2.26. The molecule has 1 N–H and O–H groups in total. The Balaban J connectivity index is 2.25. The summed E-state index contributed by atoms with van der Waals surface area (Å²) >= 11 is 1.26. The van der Waals surface area contributed by atoms with Gasteiger partial charge in [-0.15, -0.1) is 11.3 Å². The summed E-state index contributed by atoms with van der Waals surface area (Å²) in [5.74, 6) is 0.686. The van der Waals surface area contributed by atoms with Crippen LogP contribution in [-0.4, -0.2) is 18.4 Å². The van der Waals surface area contributed by atoms with Crippen LogP contribution in [0.25, 0.3) is 0 Å². The van der Waals surface area contributed by atoms with Gasteiger partial charge >= 0.3 is 0 Å². The topological polar surface area (TPSA) is 72.0 Å². The molecule has 19 heavy (non-hydrogen) atoms. The van der Waals surface area contributed by atoms with Crippen molar-refractivity contribution in [3.05, 3.63) is 34.7 Å². The summed E-state index contributed by atoms with van der Waals surface area (Å²) < 4.78 is 27.1. The minimum Gasteiger partial charge on any atom is -0.276 e. The lowest BCUT2D eigenvalue weighted by Crippen LogP contribution is -2.12. The molecule has 0 spiro atoms. The van der Waals surface area contributed by atoms with Crippen molar-refractivity contribution in [2.45, 2.75) is 31.4 Å². The predicted molar refractivity (Wildman–Crippen MR) is 76.0 cm³/mol. The molecule has 0 radical (unpaired) electrons. The number of aryl methyl sites for hydroxylation is 3. The van der Waals surface area contributed by atoms with Gasteiger partial charge in [0.15, 0.2) is 0 Å². The molecule has 2 aromatic rings. The van der Waals surface area contributed by atoms with Crippen LogP contribution in [0.2, 0.25) is 0 Å². The third kappa shape index (κ3) is 3.10. The van der Waals surface area contributed by atoms with E-state index in [0.717, 1.165) is 16.9 Å². The summed E-state index contributed by atoms with van der Waals surface area (Å²) in [5.41, 5.74) is 1.35. The Hall–Kier alpha value is -1.47. The molecule has 0 amide bonds. The van der Waals surface area contributed by atoms with Gasteiger partial charge < -0.3 is 0 Å². The van der Waals surface area contributed by atoms with Crippen LogP contribution in [-0.2, 0) is 16.4 Å². The van der Waals surface area contributed by atoms with Crippen LogP contribution >= 0.6 is 11.3 Å². The van der Waals surface area contributed by atoms with Gasteiger partial charge in [-0.3, -0.25) is 4.72 Å². The van der Waals surface area contributed by atoms with Crippen molar-refractivity contribution in [3.8, 4) is 0 Å². The van der Waals surface area contributed by atoms with Gasteiger partial charge in [-0.1, -0.05) is 6.92 Å². The van der Waals surface area contributed by atoms with Crippen LogP contribution in [0.4, 0.5) is 5.69 Å². The van der Waals surface area contributed by atoms with E-state index in [1.165, 1.54) is 23.7 Å². The fraction of sp³-hybridized carbons (Fsp3) is 0.333. The van der Waals surface area contributed by atoms with E-state index in [2.05, 4.69) is 14.7 Å². The van der Waals surface area contributed by atoms with Crippen molar-refractivity contribution < 1.29 is 8.42 Å². The van der Waals surface area contributed by atoms with E-state index in [0.29, 0.717) is 15.7 Å². The average Bonchev–Trinajstić information content (AvgIpc) is 2.71. The molecule has 2 aromatic heterocycles. The summed E-state index contributed by atoms with van der Waals surface area (Å²) in [6, 6.07) is 1.67.